The third kappa shape index (κ3) is 4.83. The van der Waals surface area contributed by atoms with Crippen molar-refractivity contribution >= 4 is 5.84 Å². The van der Waals surface area contributed by atoms with Gasteiger partial charge in [0.05, 0.1) is 6.04 Å². The van der Waals surface area contributed by atoms with Crippen molar-refractivity contribution in [3.05, 3.63) is 35.9 Å². The summed E-state index contributed by atoms with van der Waals surface area (Å²) in [5, 5.41) is 0. The lowest BCUT2D eigenvalue weighted by atomic mass is 9.93. The van der Waals surface area contributed by atoms with Crippen LogP contribution in [0.1, 0.15) is 69.8 Å². The zero-order valence-corrected chi connectivity index (χ0v) is 14.7. The molecule has 2 aliphatic rings. The third-order valence-electron chi connectivity index (χ3n) is 5.64. The van der Waals surface area contributed by atoms with Gasteiger partial charge in [0.2, 0.25) is 0 Å². The van der Waals surface area contributed by atoms with E-state index in [0.717, 1.165) is 6.42 Å². The summed E-state index contributed by atoms with van der Waals surface area (Å²) >= 11 is 0. The molecule has 0 aliphatic heterocycles. The number of hydrogen-bond donors (Lipinski definition) is 0. The number of hydrogen-bond acceptors (Lipinski definition) is 1. The van der Waals surface area contributed by atoms with E-state index in [4.69, 9.17) is 4.99 Å². The van der Waals surface area contributed by atoms with Crippen molar-refractivity contribution in [3.63, 3.8) is 0 Å². The maximum atomic E-state index is 5.25. The van der Waals surface area contributed by atoms with Gasteiger partial charge in [-0.25, -0.2) is 0 Å². The van der Waals surface area contributed by atoms with E-state index in [1.54, 1.807) is 0 Å². The molecule has 0 N–H and O–H groups in total. The van der Waals surface area contributed by atoms with Crippen molar-refractivity contribution < 1.29 is 0 Å². The minimum absolute atomic E-state index is 0.563. The first-order valence-corrected chi connectivity index (χ1v) is 9.66. The first-order valence-electron chi connectivity index (χ1n) is 9.66. The quantitative estimate of drug-likeness (QED) is 0.549. The lowest BCUT2D eigenvalue weighted by Crippen LogP contribution is -2.40. The molecule has 2 heteroatoms. The smallest absolute Gasteiger partial charge is 0.104 e. The summed E-state index contributed by atoms with van der Waals surface area (Å²) < 4.78 is 0. The molecule has 126 valence electrons. The Morgan fingerprint density at radius 3 is 2.17 bits per heavy atom. The van der Waals surface area contributed by atoms with Crippen LogP contribution in [0, 0.1) is 0 Å². The molecule has 0 aromatic heterocycles. The van der Waals surface area contributed by atoms with Crippen molar-refractivity contribution in [1.29, 1.82) is 0 Å². The Hall–Kier alpha value is -1.31. The van der Waals surface area contributed by atoms with Gasteiger partial charge in [0.25, 0.3) is 0 Å². The number of benzene rings is 1. The van der Waals surface area contributed by atoms with Crippen LogP contribution in [0.5, 0.6) is 0 Å². The van der Waals surface area contributed by atoms with Crippen LogP contribution < -0.4 is 0 Å². The van der Waals surface area contributed by atoms with Crippen molar-refractivity contribution in [3.8, 4) is 0 Å². The molecule has 0 saturated heterocycles. The summed E-state index contributed by atoms with van der Waals surface area (Å²) in [6.45, 7) is 0. The highest BCUT2D eigenvalue weighted by Crippen LogP contribution is 2.25. The maximum absolute atomic E-state index is 5.25. The summed E-state index contributed by atoms with van der Waals surface area (Å²) in [7, 11) is 2.29. The predicted octanol–water partition coefficient (Wildman–Crippen LogP) is 5.22. The van der Waals surface area contributed by atoms with E-state index >= 15 is 0 Å². The molecule has 23 heavy (non-hydrogen) atoms. The van der Waals surface area contributed by atoms with Gasteiger partial charge in [-0.05, 0) is 31.2 Å². The van der Waals surface area contributed by atoms with E-state index in [2.05, 4.69) is 42.3 Å². The van der Waals surface area contributed by atoms with Gasteiger partial charge in [0, 0.05) is 19.5 Å². The van der Waals surface area contributed by atoms with Gasteiger partial charge in [-0.3, -0.25) is 4.99 Å². The van der Waals surface area contributed by atoms with Gasteiger partial charge in [-0.2, -0.15) is 0 Å². The van der Waals surface area contributed by atoms with Crippen LogP contribution >= 0.6 is 0 Å². The van der Waals surface area contributed by atoms with E-state index in [1.807, 2.05) is 0 Å². The highest BCUT2D eigenvalue weighted by atomic mass is 15.2. The van der Waals surface area contributed by atoms with Crippen LogP contribution in [0.3, 0.4) is 0 Å². The molecule has 0 amide bonds. The summed E-state index contributed by atoms with van der Waals surface area (Å²) in [6.07, 6.45) is 14.6. The molecule has 2 nitrogen and oxygen atoms in total. The molecule has 0 atom stereocenters. The molecule has 0 unspecified atom stereocenters. The predicted molar refractivity (Wildman–Crippen MR) is 99.1 cm³/mol. The summed E-state index contributed by atoms with van der Waals surface area (Å²) in [4.78, 5) is 7.78. The second-order valence-corrected chi connectivity index (χ2v) is 7.40. The Balaban J connectivity index is 1.75. The Kier molecular flexibility index (Phi) is 6.13. The Morgan fingerprint density at radius 2 is 1.52 bits per heavy atom. The van der Waals surface area contributed by atoms with Crippen LogP contribution in [-0.2, 0) is 6.42 Å². The highest BCUT2D eigenvalue weighted by Gasteiger charge is 2.22. The van der Waals surface area contributed by atoms with E-state index in [-0.39, 0.29) is 0 Å². The highest BCUT2D eigenvalue weighted by molar-refractivity contribution is 5.84. The van der Waals surface area contributed by atoms with E-state index < -0.39 is 0 Å². The Labute approximate surface area is 142 Å². The lowest BCUT2D eigenvalue weighted by molar-refractivity contribution is 0.273. The second-order valence-electron chi connectivity index (χ2n) is 7.40. The van der Waals surface area contributed by atoms with Crippen molar-refractivity contribution in [2.75, 3.05) is 7.05 Å². The van der Waals surface area contributed by atoms with E-state index in [1.165, 1.54) is 75.6 Å². The van der Waals surface area contributed by atoms with Gasteiger partial charge in [-0.1, -0.05) is 68.9 Å². The lowest BCUT2D eigenvalue weighted by Gasteiger charge is -2.35. The largest absolute Gasteiger partial charge is 0.360 e. The number of nitrogens with zero attached hydrogens (tertiary/aromatic N) is 2. The minimum Gasteiger partial charge on any atom is -0.360 e. The topological polar surface area (TPSA) is 15.6 Å². The van der Waals surface area contributed by atoms with E-state index in [0.29, 0.717) is 12.1 Å². The molecule has 2 saturated carbocycles. The van der Waals surface area contributed by atoms with E-state index in [9.17, 15) is 0 Å². The Bertz CT molecular complexity index is 482. The molecule has 1 aromatic carbocycles. The number of rotatable bonds is 4. The zero-order valence-electron chi connectivity index (χ0n) is 14.7. The minimum atomic E-state index is 0.563. The van der Waals surface area contributed by atoms with Crippen molar-refractivity contribution in [2.45, 2.75) is 82.7 Å². The standard InChI is InChI=1S/C21H32N2/c1-23(20-15-9-4-10-16-20)21(17-18-11-5-2-6-12-18)22-19-13-7-3-8-14-19/h2,5-6,11-12,19-20H,3-4,7-10,13-17H2,1H3. The van der Waals surface area contributed by atoms with Gasteiger partial charge in [0.1, 0.15) is 5.84 Å². The molecule has 1 aromatic rings. The van der Waals surface area contributed by atoms with Crippen LogP contribution in [0.2, 0.25) is 0 Å². The molecule has 0 bridgehead atoms. The van der Waals surface area contributed by atoms with Gasteiger partial charge in [0.15, 0.2) is 0 Å². The monoisotopic (exact) mass is 312 g/mol. The Morgan fingerprint density at radius 1 is 0.913 bits per heavy atom. The van der Waals surface area contributed by atoms with Gasteiger partial charge in [-0.15, -0.1) is 0 Å². The molecule has 2 aliphatic carbocycles. The van der Waals surface area contributed by atoms with Crippen LogP contribution in [0.15, 0.2) is 35.3 Å². The molecular weight excluding hydrogens is 280 g/mol. The van der Waals surface area contributed by atoms with Gasteiger partial charge < -0.3 is 4.90 Å². The number of aliphatic imine (C=N–C) groups is 1. The van der Waals surface area contributed by atoms with Gasteiger partial charge >= 0.3 is 0 Å². The molecular formula is C21H32N2. The fraction of sp³-hybridized carbons (Fsp3) is 0.667. The molecule has 0 heterocycles. The molecule has 0 spiro atoms. The average molecular weight is 313 g/mol. The molecule has 0 radical (unpaired) electrons. The first-order chi connectivity index (χ1) is 11.3. The first kappa shape index (κ1) is 16.5. The maximum Gasteiger partial charge on any atom is 0.104 e. The van der Waals surface area contributed by atoms with Crippen LogP contribution in [0.25, 0.3) is 0 Å². The van der Waals surface area contributed by atoms with Crippen LogP contribution in [0.4, 0.5) is 0 Å². The fourth-order valence-electron chi connectivity index (χ4n) is 4.14. The SMILES string of the molecule is CN(C(Cc1ccccc1)=NC1CCCCC1)C1CCCCC1. The third-order valence-corrected chi connectivity index (χ3v) is 5.64. The fourth-order valence-corrected chi connectivity index (χ4v) is 4.14. The summed E-state index contributed by atoms with van der Waals surface area (Å²) in [6, 6.07) is 12.1. The molecule has 3 rings (SSSR count). The van der Waals surface area contributed by atoms with Crippen molar-refractivity contribution in [2.24, 2.45) is 4.99 Å². The number of likely N-dealkylation sites (N-methyl/N-ethyl adjacent to an activating group) is 1. The number of amidine groups is 1. The van der Waals surface area contributed by atoms with Crippen LogP contribution in [-0.4, -0.2) is 29.9 Å². The molecule has 2 fully saturated rings. The van der Waals surface area contributed by atoms with Crippen molar-refractivity contribution in [1.82, 2.24) is 4.90 Å². The summed E-state index contributed by atoms with van der Waals surface area (Å²) in [5.74, 6) is 1.33. The zero-order chi connectivity index (χ0) is 15.9. The summed E-state index contributed by atoms with van der Waals surface area (Å²) in [5.41, 5.74) is 1.39. The normalized spacial score (nSPS) is 21.3. The average Bonchev–Trinajstić information content (AvgIpc) is 2.63. The second kappa shape index (κ2) is 8.52.